The average molecular weight is 440 g/mol. The van der Waals surface area contributed by atoms with E-state index in [-0.39, 0.29) is 5.56 Å². The van der Waals surface area contributed by atoms with Crippen LogP contribution in [-0.2, 0) is 21.0 Å². The minimum absolute atomic E-state index is 0.240. The van der Waals surface area contributed by atoms with Gasteiger partial charge in [-0.1, -0.05) is 15.9 Å². The molecule has 0 heterocycles. The Morgan fingerprint density at radius 3 is 2.40 bits per heavy atom. The molecule has 3 nitrogen and oxygen atoms in total. The number of nitrogens with zero attached hydrogens (tertiary/aromatic N) is 1. The molecule has 0 aliphatic heterocycles. The first kappa shape index (κ1) is 22.1. The fourth-order valence-electron chi connectivity index (χ4n) is 2.16. The number of rotatable bonds is 7. The first-order valence-corrected chi connectivity index (χ1v) is 9.59. The van der Waals surface area contributed by atoms with Gasteiger partial charge in [-0.2, -0.15) is 0 Å². The molecule has 0 aromatic heterocycles. The molecule has 25 heavy (non-hydrogen) atoms. The SMILES string of the molecule is [C-]#[N+]COCC(F)(F)[C@](C)(C[S@](=O)C(C)(C)C)c1cc(Br)ccc1F. The summed E-state index contributed by atoms with van der Waals surface area (Å²) in [4.78, 5) is 2.88. The van der Waals surface area contributed by atoms with Gasteiger partial charge in [-0.3, -0.25) is 9.05 Å². The van der Waals surface area contributed by atoms with Crippen molar-refractivity contribution in [3.05, 3.63) is 45.5 Å². The molecule has 1 aromatic rings. The second-order valence-corrected chi connectivity index (χ2v) is 10.0. The van der Waals surface area contributed by atoms with E-state index in [1.54, 1.807) is 20.8 Å². The molecular weight excluding hydrogens is 419 g/mol. The lowest BCUT2D eigenvalue weighted by Gasteiger charge is -2.39. The van der Waals surface area contributed by atoms with Gasteiger partial charge in [0.15, 0.2) is 0 Å². The summed E-state index contributed by atoms with van der Waals surface area (Å²) in [5, 5.41) is 0. The second kappa shape index (κ2) is 8.19. The van der Waals surface area contributed by atoms with Gasteiger partial charge in [0.1, 0.15) is 12.4 Å². The van der Waals surface area contributed by atoms with Gasteiger partial charge >= 0.3 is 6.73 Å². The molecule has 1 rings (SSSR count). The van der Waals surface area contributed by atoms with Crippen LogP contribution in [0.4, 0.5) is 13.2 Å². The lowest BCUT2D eigenvalue weighted by molar-refractivity contribution is -0.118. The molecule has 0 fully saturated rings. The molecule has 0 saturated heterocycles. The number of hydrogen-bond acceptors (Lipinski definition) is 2. The fraction of sp³-hybridized carbons (Fsp3) is 0.588. The lowest BCUT2D eigenvalue weighted by Crippen LogP contribution is -2.52. The Hall–Kier alpha value is -0.910. The molecule has 0 aliphatic carbocycles. The van der Waals surface area contributed by atoms with E-state index in [4.69, 9.17) is 11.3 Å². The molecule has 0 unspecified atom stereocenters. The third kappa shape index (κ3) is 5.28. The van der Waals surface area contributed by atoms with Crippen molar-refractivity contribution in [2.75, 3.05) is 19.1 Å². The average Bonchev–Trinajstić information content (AvgIpc) is 2.48. The van der Waals surface area contributed by atoms with Crippen molar-refractivity contribution < 1.29 is 22.1 Å². The van der Waals surface area contributed by atoms with Crippen LogP contribution >= 0.6 is 15.9 Å². The Kier molecular flexibility index (Phi) is 7.25. The molecule has 2 atom stereocenters. The molecule has 1 aromatic carbocycles. The Morgan fingerprint density at radius 1 is 1.28 bits per heavy atom. The van der Waals surface area contributed by atoms with Crippen LogP contribution in [0.25, 0.3) is 4.85 Å². The summed E-state index contributed by atoms with van der Waals surface area (Å²) in [6, 6.07) is 3.78. The lowest BCUT2D eigenvalue weighted by atomic mass is 9.78. The highest BCUT2D eigenvalue weighted by atomic mass is 79.9. The maximum absolute atomic E-state index is 15.0. The highest BCUT2D eigenvalue weighted by molar-refractivity contribution is 9.10. The van der Waals surface area contributed by atoms with Crippen molar-refractivity contribution in [2.45, 2.75) is 43.8 Å². The zero-order valence-electron chi connectivity index (χ0n) is 14.5. The Bertz CT molecular complexity index is 685. The fourth-order valence-corrected chi connectivity index (χ4v) is 3.84. The molecule has 0 radical (unpaired) electrons. The van der Waals surface area contributed by atoms with E-state index in [9.17, 15) is 17.4 Å². The summed E-state index contributed by atoms with van der Waals surface area (Å²) >= 11 is 3.17. The smallest absolute Gasteiger partial charge is 0.306 e. The molecule has 8 heteroatoms. The summed E-state index contributed by atoms with van der Waals surface area (Å²) in [7, 11) is -1.65. The summed E-state index contributed by atoms with van der Waals surface area (Å²) in [5.41, 5.74) is -2.31. The van der Waals surface area contributed by atoms with Gasteiger partial charge in [0, 0.05) is 31.3 Å². The van der Waals surface area contributed by atoms with Crippen molar-refractivity contribution >= 4 is 26.7 Å². The van der Waals surface area contributed by atoms with Crippen LogP contribution in [0.1, 0.15) is 33.3 Å². The van der Waals surface area contributed by atoms with Crippen molar-refractivity contribution in [2.24, 2.45) is 0 Å². The molecule has 0 aliphatic rings. The quantitative estimate of drug-likeness (QED) is 0.445. The number of halogens is 4. The van der Waals surface area contributed by atoms with Crippen LogP contribution in [0.5, 0.6) is 0 Å². The summed E-state index contributed by atoms with van der Waals surface area (Å²) < 4.78 is 61.4. The Balaban J connectivity index is 3.43. The second-order valence-electron chi connectivity index (χ2n) is 6.90. The van der Waals surface area contributed by atoms with Crippen molar-refractivity contribution in [1.82, 2.24) is 0 Å². The molecule has 0 spiro atoms. The van der Waals surface area contributed by atoms with Gasteiger partial charge in [0.2, 0.25) is 0 Å². The molecule has 140 valence electrons. The van der Waals surface area contributed by atoms with Gasteiger partial charge in [0.25, 0.3) is 5.92 Å². The van der Waals surface area contributed by atoms with Crippen LogP contribution in [0.3, 0.4) is 0 Å². The number of benzene rings is 1. The van der Waals surface area contributed by atoms with E-state index in [0.29, 0.717) is 4.47 Å². The third-order valence-corrected chi connectivity index (χ3v) is 6.57. The van der Waals surface area contributed by atoms with Crippen molar-refractivity contribution in [3.63, 3.8) is 0 Å². The van der Waals surface area contributed by atoms with E-state index in [1.165, 1.54) is 19.1 Å². The predicted molar refractivity (Wildman–Crippen MR) is 96.6 cm³/mol. The molecule has 0 saturated carbocycles. The van der Waals surface area contributed by atoms with E-state index >= 15 is 0 Å². The largest absolute Gasteiger partial charge is 0.318 e. The summed E-state index contributed by atoms with van der Waals surface area (Å²) in [5.74, 6) is -4.78. The molecular formula is C17H21BrF3NO2S. The molecule has 0 bridgehead atoms. The normalized spacial score (nSPS) is 16.1. The minimum Gasteiger partial charge on any atom is -0.306 e. The maximum Gasteiger partial charge on any atom is 0.318 e. The van der Waals surface area contributed by atoms with Gasteiger partial charge in [-0.25, -0.2) is 19.7 Å². The number of ether oxygens (including phenoxy) is 1. The summed E-state index contributed by atoms with van der Waals surface area (Å²) in [6.07, 6.45) is 0. The minimum atomic E-state index is -3.53. The van der Waals surface area contributed by atoms with E-state index < -0.39 is 51.8 Å². The van der Waals surface area contributed by atoms with E-state index in [1.807, 2.05) is 0 Å². The van der Waals surface area contributed by atoms with Crippen molar-refractivity contribution in [1.29, 1.82) is 0 Å². The highest BCUT2D eigenvalue weighted by Gasteiger charge is 2.54. The Labute approximate surface area is 157 Å². The predicted octanol–water partition coefficient (Wildman–Crippen LogP) is 4.92. The molecule has 0 N–H and O–H groups in total. The van der Waals surface area contributed by atoms with E-state index in [2.05, 4.69) is 20.8 Å². The first-order valence-electron chi connectivity index (χ1n) is 7.48. The van der Waals surface area contributed by atoms with Crippen LogP contribution in [0.15, 0.2) is 22.7 Å². The molecule has 0 amide bonds. The number of hydrogen-bond donors (Lipinski definition) is 0. The standard InChI is InChI=1S/C17H21BrF3NO2S/c1-15(2,3)25(23)10-16(4,17(20,21)9-24-11-22-5)13-8-12(18)6-7-14(13)19/h6-8H,9-11H2,1-4H3/t16-,25+/m1/s1. The Morgan fingerprint density at radius 2 is 1.88 bits per heavy atom. The van der Waals surface area contributed by atoms with Gasteiger partial charge < -0.3 is 4.74 Å². The van der Waals surface area contributed by atoms with Gasteiger partial charge in [-0.05, 0) is 45.9 Å². The zero-order valence-corrected chi connectivity index (χ0v) is 16.9. The number of alkyl halides is 2. The van der Waals surface area contributed by atoms with Gasteiger partial charge in [0.05, 0.1) is 5.41 Å². The first-order chi connectivity index (χ1) is 11.3. The van der Waals surface area contributed by atoms with Gasteiger partial charge in [-0.15, -0.1) is 0 Å². The third-order valence-electron chi connectivity index (χ3n) is 3.87. The highest BCUT2D eigenvalue weighted by Crippen LogP contribution is 2.43. The van der Waals surface area contributed by atoms with Crippen LogP contribution < -0.4 is 0 Å². The van der Waals surface area contributed by atoms with Crippen LogP contribution in [0, 0.1) is 12.4 Å². The summed E-state index contributed by atoms with van der Waals surface area (Å²) in [6.45, 7) is 11.3. The maximum atomic E-state index is 15.0. The van der Waals surface area contributed by atoms with Crippen molar-refractivity contribution in [3.8, 4) is 0 Å². The zero-order chi connectivity index (χ0) is 19.5. The topological polar surface area (TPSA) is 30.7 Å². The monoisotopic (exact) mass is 439 g/mol. The van der Waals surface area contributed by atoms with E-state index in [0.717, 1.165) is 6.07 Å². The van der Waals surface area contributed by atoms with Crippen LogP contribution in [-0.4, -0.2) is 34.0 Å². The van der Waals surface area contributed by atoms with Crippen LogP contribution in [0.2, 0.25) is 0 Å².